The zero-order valence-electron chi connectivity index (χ0n) is 11.8. The van der Waals surface area contributed by atoms with Crippen molar-refractivity contribution in [2.75, 3.05) is 26.3 Å². The Morgan fingerprint density at radius 3 is 2.89 bits per heavy atom. The van der Waals surface area contributed by atoms with Crippen molar-refractivity contribution >= 4 is 23.4 Å². The minimum atomic E-state index is 0.586. The lowest BCUT2D eigenvalue weighted by molar-refractivity contribution is 0.145. The van der Waals surface area contributed by atoms with Crippen LogP contribution in [-0.4, -0.2) is 31.6 Å². The van der Waals surface area contributed by atoms with Gasteiger partial charge in [-0.15, -0.1) is 0 Å². The van der Waals surface area contributed by atoms with Crippen molar-refractivity contribution in [1.29, 1.82) is 0 Å². The van der Waals surface area contributed by atoms with E-state index in [-0.39, 0.29) is 0 Å². The third-order valence-corrected chi connectivity index (χ3v) is 4.34. The maximum atomic E-state index is 6.14. The second-order valence-corrected chi connectivity index (χ2v) is 6.30. The van der Waals surface area contributed by atoms with Crippen molar-refractivity contribution in [3.05, 3.63) is 34.9 Å². The summed E-state index contributed by atoms with van der Waals surface area (Å²) in [5, 5.41) is 4.92. The summed E-state index contributed by atoms with van der Waals surface area (Å²) in [4.78, 5) is 0. The fraction of sp³-hybridized carbons (Fsp3) is 0.600. The Hall–Kier alpha value is -0.220. The second-order valence-electron chi connectivity index (χ2n) is 4.47. The highest BCUT2D eigenvalue weighted by Crippen LogP contribution is 2.23. The topological polar surface area (TPSA) is 21.3 Å². The molecule has 1 rings (SSSR count). The van der Waals surface area contributed by atoms with E-state index in [1.807, 2.05) is 36.9 Å². The van der Waals surface area contributed by atoms with Gasteiger partial charge in [0.1, 0.15) is 0 Å². The van der Waals surface area contributed by atoms with Gasteiger partial charge in [-0.05, 0) is 31.5 Å². The number of rotatable bonds is 10. The van der Waals surface area contributed by atoms with E-state index in [1.54, 1.807) is 0 Å². The highest BCUT2D eigenvalue weighted by atomic mass is 35.5. The third-order valence-electron chi connectivity index (χ3n) is 2.76. The average Bonchev–Trinajstić information content (AvgIpc) is 2.42. The molecule has 1 aromatic carbocycles. The lowest BCUT2D eigenvalue weighted by atomic mass is 10.2. The molecule has 0 aliphatic carbocycles. The molecular formula is C15H24ClNOS. The van der Waals surface area contributed by atoms with Crippen LogP contribution in [0.3, 0.4) is 0 Å². The molecule has 2 nitrogen and oxygen atoms in total. The van der Waals surface area contributed by atoms with Gasteiger partial charge in [-0.3, -0.25) is 0 Å². The minimum absolute atomic E-state index is 0.586. The lowest BCUT2D eigenvalue weighted by Gasteiger charge is -2.13. The number of halogens is 1. The molecule has 108 valence electrons. The summed E-state index contributed by atoms with van der Waals surface area (Å²) in [6, 6.07) is 8.06. The van der Waals surface area contributed by atoms with E-state index in [2.05, 4.69) is 18.3 Å². The molecule has 0 amide bonds. The molecule has 0 heterocycles. The van der Waals surface area contributed by atoms with Crippen LogP contribution >= 0.6 is 23.4 Å². The van der Waals surface area contributed by atoms with Crippen molar-refractivity contribution in [3.63, 3.8) is 0 Å². The van der Waals surface area contributed by atoms with Crippen LogP contribution in [-0.2, 0) is 10.5 Å². The van der Waals surface area contributed by atoms with E-state index in [4.69, 9.17) is 16.3 Å². The van der Waals surface area contributed by atoms with E-state index < -0.39 is 0 Å². The summed E-state index contributed by atoms with van der Waals surface area (Å²) in [5.74, 6) is 0.974. The molecule has 0 aliphatic rings. The second kappa shape index (κ2) is 10.6. The molecule has 1 N–H and O–H groups in total. The van der Waals surface area contributed by atoms with Crippen LogP contribution in [0.15, 0.2) is 24.3 Å². The van der Waals surface area contributed by atoms with Crippen LogP contribution in [0, 0.1) is 0 Å². The summed E-state index contributed by atoms with van der Waals surface area (Å²) in [5.41, 5.74) is 1.22. The van der Waals surface area contributed by atoms with Crippen molar-refractivity contribution < 1.29 is 4.74 Å². The standard InChI is InChI=1S/C15H24ClNOS/c1-3-18-10-6-9-17-11-13(2)19-12-14-7-4-5-8-15(14)16/h4-5,7-8,13,17H,3,6,9-12H2,1-2H3. The Morgan fingerprint density at radius 2 is 2.16 bits per heavy atom. The molecule has 0 bridgehead atoms. The van der Waals surface area contributed by atoms with Gasteiger partial charge in [-0.1, -0.05) is 36.7 Å². The predicted octanol–water partition coefficient (Wildman–Crippen LogP) is 3.98. The van der Waals surface area contributed by atoms with Crippen molar-refractivity contribution in [1.82, 2.24) is 5.32 Å². The quantitative estimate of drug-likeness (QED) is 0.661. The molecule has 1 aromatic rings. The zero-order valence-corrected chi connectivity index (χ0v) is 13.4. The molecule has 0 aromatic heterocycles. The van der Waals surface area contributed by atoms with E-state index in [0.717, 1.165) is 43.5 Å². The first-order valence-electron chi connectivity index (χ1n) is 6.87. The SMILES string of the molecule is CCOCCCNCC(C)SCc1ccccc1Cl. The van der Waals surface area contributed by atoms with Crippen LogP contribution in [0.25, 0.3) is 0 Å². The molecule has 1 unspecified atom stereocenters. The molecule has 19 heavy (non-hydrogen) atoms. The van der Waals surface area contributed by atoms with Crippen LogP contribution < -0.4 is 5.32 Å². The molecule has 4 heteroatoms. The first kappa shape index (κ1) is 16.8. The number of hydrogen-bond donors (Lipinski definition) is 1. The molecule has 0 spiro atoms. The van der Waals surface area contributed by atoms with E-state index in [1.165, 1.54) is 5.56 Å². The highest BCUT2D eigenvalue weighted by molar-refractivity contribution is 7.99. The summed E-state index contributed by atoms with van der Waals surface area (Å²) in [6.07, 6.45) is 1.08. The van der Waals surface area contributed by atoms with E-state index >= 15 is 0 Å². The van der Waals surface area contributed by atoms with Gasteiger partial charge in [0.25, 0.3) is 0 Å². The summed E-state index contributed by atoms with van der Waals surface area (Å²) >= 11 is 8.07. The van der Waals surface area contributed by atoms with Crippen LogP contribution in [0.1, 0.15) is 25.8 Å². The third kappa shape index (κ3) is 7.83. The van der Waals surface area contributed by atoms with E-state index in [0.29, 0.717) is 5.25 Å². The maximum Gasteiger partial charge on any atom is 0.0477 e. The molecule has 0 fully saturated rings. The van der Waals surface area contributed by atoms with Gasteiger partial charge in [0, 0.05) is 35.8 Å². The summed E-state index contributed by atoms with van der Waals surface area (Å²) < 4.78 is 5.30. The van der Waals surface area contributed by atoms with Crippen molar-refractivity contribution in [2.24, 2.45) is 0 Å². The highest BCUT2D eigenvalue weighted by Gasteiger charge is 2.04. The van der Waals surface area contributed by atoms with Gasteiger partial charge in [-0.2, -0.15) is 11.8 Å². The Balaban J connectivity index is 2.08. The largest absolute Gasteiger partial charge is 0.382 e. The van der Waals surface area contributed by atoms with E-state index in [9.17, 15) is 0 Å². The Bertz CT molecular complexity index is 349. The normalized spacial score (nSPS) is 12.6. The number of thioether (sulfide) groups is 1. The number of hydrogen-bond acceptors (Lipinski definition) is 3. The maximum absolute atomic E-state index is 6.14. The lowest BCUT2D eigenvalue weighted by Crippen LogP contribution is -2.24. The first-order chi connectivity index (χ1) is 9.24. The van der Waals surface area contributed by atoms with Crippen molar-refractivity contribution in [2.45, 2.75) is 31.3 Å². The van der Waals surface area contributed by atoms with Gasteiger partial charge in [0.2, 0.25) is 0 Å². The van der Waals surface area contributed by atoms with Crippen LogP contribution in [0.4, 0.5) is 0 Å². The first-order valence-corrected chi connectivity index (χ1v) is 8.30. The fourth-order valence-corrected chi connectivity index (χ4v) is 2.89. The molecule has 1 atom stereocenters. The average molecular weight is 302 g/mol. The van der Waals surface area contributed by atoms with Gasteiger partial charge in [0.15, 0.2) is 0 Å². The summed E-state index contributed by atoms with van der Waals surface area (Å²) in [6.45, 7) is 7.99. The number of ether oxygens (including phenoxy) is 1. The molecule has 0 aliphatic heterocycles. The molecule has 0 radical (unpaired) electrons. The van der Waals surface area contributed by atoms with Crippen LogP contribution in [0.2, 0.25) is 5.02 Å². The van der Waals surface area contributed by atoms with Crippen molar-refractivity contribution in [3.8, 4) is 0 Å². The van der Waals surface area contributed by atoms with Crippen LogP contribution in [0.5, 0.6) is 0 Å². The van der Waals surface area contributed by atoms with Gasteiger partial charge < -0.3 is 10.1 Å². The summed E-state index contributed by atoms with van der Waals surface area (Å²) in [7, 11) is 0. The van der Waals surface area contributed by atoms with Gasteiger partial charge in [-0.25, -0.2) is 0 Å². The minimum Gasteiger partial charge on any atom is -0.382 e. The molecular weight excluding hydrogens is 278 g/mol. The Labute approximate surface area is 126 Å². The Morgan fingerprint density at radius 1 is 1.37 bits per heavy atom. The smallest absolute Gasteiger partial charge is 0.0477 e. The zero-order chi connectivity index (χ0) is 13.9. The fourth-order valence-electron chi connectivity index (χ4n) is 1.66. The Kier molecular flexibility index (Phi) is 9.35. The molecule has 0 saturated carbocycles. The molecule has 0 saturated heterocycles. The number of nitrogens with one attached hydrogen (secondary N) is 1. The number of benzene rings is 1. The predicted molar refractivity (Wildman–Crippen MR) is 86.2 cm³/mol. The monoisotopic (exact) mass is 301 g/mol. The van der Waals surface area contributed by atoms with Gasteiger partial charge in [0.05, 0.1) is 0 Å². The van der Waals surface area contributed by atoms with Gasteiger partial charge >= 0.3 is 0 Å².